The van der Waals surface area contributed by atoms with Crippen LogP contribution in [0.3, 0.4) is 0 Å². The quantitative estimate of drug-likeness (QED) is 0.0927. The van der Waals surface area contributed by atoms with Crippen LogP contribution in [0.15, 0.2) is 100 Å². The van der Waals surface area contributed by atoms with E-state index in [2.05, 4.69) is 32.6 Å². The van der Waals surface area contributed by atoms with Crippen LogP contribution in [-0.4, -0.2) is 17.2 Å². The van der Waals surface area contributed by atoms with E-state index < -0.39 is 5.97 Å². The summed E-state index contributed by atoms with van der Waals surface area (Å²) in [6.45, 7) is 0. The van der Waals surface area contributed by atoms with E-state index in [1.54, 1.807) is 42.6 Å². The van der Waals surface area contributed by atoms with E-state index >= 15 is 0 Å². The van der Waals surface area contributed by atoms with Crippen LogP contribution >= 0.6 is 34.2 Å². The molecule has 1 aromatic heterocycles. The topological polar surface area (TPSA) is 64.7 Å². The van der Waals surface area contributed by atoms with Gasteiger partial charge in [0.25, 0.3) is 0 Å². The number of carbonyl (C=O) groups is 1. The molecule has 0 aliphatic rings. The number of halogens is 2. The number of carbonyl (C=O) groups excluding carboxylic acids is 1. The second-order valence-corrected chi connectivity index (χ2v) is 9.09. The van der Waals surface area contributed by atoms with Crippen molar-refractivity contribution in [2.24, 2.45) is 4.99 Å². The number of hydrogen-bond donors (Lipinski definition) is 0. The van der Waals surface area contributed by atoms with Gasteiger partial charge < -0.3 is 9.15 Å². The monoisotopic (exact) mass is 578 g/mol. The Balaban J connectivity index is 1.28. The number of fused-ring (bicyclic) bond motifs is 1. The Kier molecular flexibility index (Phi) is 6.42. The van der Waals surface area contributed by atoms with Gasteiger partial charge in [-0.3, -0.25) is 4.99 Å². The molecule has 0 spiro atoms. The van der Waals surface area contributed by atoms with Gasteiger partial charge >= 0.3 is 5.97 Å². The highest BCUT2D eigenvalue weighted by Gasteiger charge is 2.10. The molecule has 0 aliphatic carbocycles. The fraction of sp³-hybridized carbons (Fsp3) is 0. The Morgan fingerprint density at radius 3 is 2.53 bits per heavy atom. The third kappa shape index (κ3) is 5.18. The van der Waals surface area contributed by atoms with Crippen LogP contribution in [0.5, 0.6) is 5.75 Å². The third-order valence-electron chi connectivity index (χ3n) is 4.98. The van der Waals surface area contributed by atoms with Crippen molar-refractivity contribution >= 4 is 63.2 Å². The minimum absolute atomic E-state index is 0.434. The Labute approximate surface area is 214 Å². The zero-order valence-corrected chi connectivity index (χ0v) is 20.5. The highest BCUT2D eigenvalue weighted by molar-refractivity contribution is 14.1. The van der Waals surface area contributed by atoms with Crippen LogP contribution in [0.2, 0.25) is 5.02 Å². The molecule has 166 valence electrons. The number of aliphatic imine (C=N–C) groups is 1. The van der Waals surface area contributed by atoms with Crippen molar-refractivity contribution in [2.75, 3.05) is 0 Å². The van der Waals surface area contributed by atoms with Gasteiger partial charge in [0.05, 0.1) is 11.3 Å². The predicted octanol–water partition coefficient (Wildman–Crippen LogP) is 7.72. The van der Waals surface area contributed by atoms with Gasteiger partial charge in [0.1, 0.15) is 11.3 Å². The third-order valence-corrected chi connectivity index (χ3v) is 5.90. The molecule has 5 aromatic rings. The molecule has 0 saturated heterocycles. The minimum atomic E-state index is -0.441. The maximum absolute atomic E-state index is 12.2. The minimum Gasteiger partial charge on any atom is -0.436 e. The van der Waals surface area contributed by atoms with Crippen molar-refractivity contribution in [3.05, 3.63) is 111 Å². The summed E-state index contributed by atoms with van der Waals surface area (Å²) >= 11 is 8.12. The molecule has 5 nitrogen and oxygen atoms in total. The molecule has 34 heavy (non-hydrogen) atoms. The second kappa shape index (κ2) is 9.79. The van der Waals surface area contributed by atoms with Crippen molar-refractivity contribution in [3.63, 3.8) is 0 Å². The molecule has 4 aromatic carbocycles. The highest BCUT2D eigenvalue weighted by atomic mass is 127. The fourth-order valence-corrected chi connectivity index (χ4v) is 3.93. The summed E-state index contributed by atoms with van der Waals surface area (Å²) in [7, 11) is 0. The van der Waals surface area contributed by atoms with E-state index in [1.807, 2.05) is 54.6 Å². The Bertz CT molecular complexity index is 1510. The van der Waals surface area contributed by atoms with Crippen LogP contribution in [0, 0.1) is 3.57 Å². The smallest absolute Gasteiger partial charge is 0.343 e. The van der Waals surface area contributed by atoms with Crippen LogP contribution in [0.4, 0.5) is 5.69 Å². The van der Waals surface area contributed by atoms with E-state index in [0.29, 0.717) is 27.8 Å². The van der Waals surface area contributed by atoms with Gasteiger partial charge in [-0.15, -0.1) is 0 Å². The zero-order chi connectivity index (χ0) is 23.5. The maximum atomic E-state index is 12.2. The molecule has 0 N–H and O–H groups in total. The normalized spacial score (nSPS) is 11.2. The Morgan fingerprint density at radius 2 is 1.76 bits per heavy atom. The average Bonchev–Trinajstić information content (AvgIpc) is 3.28. The number of ether oxygens (including phenoxy) is 1. The predicted molar refractivity (Wildman–Crippen MR) is 142 cm³/mol. The summed E-state index contributed by atoms with van der Waals surface area (Å²) in [5.74, 6) is 0.589. The lowest BCUT2D eigenvalue weighted by Gasteiger charge is -2.04. The summed E-state index contributed by atoms with van der Waals surface area (Å²) in [6, 6.07) is 27.3. The molecule has 0 aliphatic heterocycles. The summed E-state index contributed by atoms with van der Waals surface area (Å²) < 4.78 is 12.4. The van der Waals surface area contributed by atoms with Crippen molar-refractivity contribution in [3.8, 4) is 17.2 Å². The summed E-state index contributed by atoms with van der Waals surface area (Å²) in [6.07, 6.45) is 1.74. The molecule has 0 unspecified atom stereocenters. The highest BCUT2D eigenvalue weighted by Crippen LogP contribution is 2.28. The number of nitrogens with zero attached hydrogens (tertiary/aromatic N) is 2. The van der Waals surface area contributed by atoms with Gasteiger partial charge in [-0.05, 0) is 113 Å². The largest absolute Gasteiger partial charge is 0.436 e. The Hall–Kier alpha value is -3.49. The molecule has 0 saturated carbocycles. The number of hydrogen-bond acceptors (Lipinski definition) is 5. The Morgan fingerprint density at radius 1 is 0.971 bits per heavy atom. The number of oxazole rings is 1. The lowest BCUT2D eigenvalue weighted by Crippen LogP contribution is -2.08. The van der Waals surface area contributed by atoms with Gasteiger partial charge in [-0.25, -0.2) is 9.78 Å². The molecule has 0 amide bonds. The van der Waals surface area contributed by atoms with Gasteiger partial charge in [0.2, 0.25) is 5.89 Å². The molecular formula is C27H16ClIN2O3. The first-order valence-electron chi connectivity index (χ1n) is 10.3. The van der Waals surface area contributed by atoms with E-state index in [1.165, 1.54) is 0 Å². The van der Waals surface area contributed by atoms with Crippen LogP contribution in [0.1, 0.15) is 15.9 Å². The van der Waals surface area contributed by atoms with Crippen LogP contribution in [-0.2, 0) is 0 Å². The van der Waals surface area contributed by atoms with E-state index in [9.17, 15) is 4.79 Å². The van der Waals surface area contributed by atoms with Gasteiger partial charge in [0.15, 0.2) is 5.58 Å². The lowest BCUT2D eigenvalue weighted by atomic mass is 10.2. The standard InChI is InChI=1S/C27H16ClIN2O3/c28-20-8-6-18(7-9-20)27(32)33-23-11-4-17(5-12-23)16-30-22-10-13-25-24(15-22)31-26(34-25)19-2-1-3-21(29)14-19/h1-16H. The molecule has 5 rings (SSSR count). The van der Waals surface area contributed by atoms with Crippen molar-refractivity contribution in [2.45, 2.75) is 0 Å². The number of rotatable bonds is 5. The summed E-state index contributed by atoms with van der Waals surface area (Å²) in [5.41, 5.74) is 4.44. The molecule has 0 atom stereocenters. The zero-order valence-electron chi connectivity index (χ0n) is 17.6. The van der Waals surface area contributed by atoms with Crippen LogP contribution in [0.25, 0.3) is 22.6 Å². The van der Waals surface area contributed by atoms with E-state index in [4.69, 9.17) is 20.8 Å². The van der Waals surface area contributed by atoms with Gasteiger partial charge in [-0.1, -0.05) is 17.7 Å². The van der Waals surface area contributed by atoms with Crippen LogP contribution < -0.4 is 4.74 Å². The number of esters is 1. The maximum Gasteiger partial charge on any atom is 0.343 e. The fourth-order valence-electron chi connectivity index (χ4n) is 3.26. The van der Waals surface area contributed by atoms with Crippen molar-refractivity contribution < 1.29 is 13.9 Å². The van der Waals surface area contributed by atoms with Gasteiger partial charge in [0, 0.05) is 20.4 Å². The molecular weight excluding hydrogens is 563 g/mol. The molecule has 7 heteroatoms. The van der Waals surface area contributed by atoms with Gasteiger partial charge in [-0.2, -0.15) is 0 Å². The SMILES string of the molecule is O=C(Oc1ccc(C=Nc2ccc3oc(-c4cccc(I)c4)nc3c2)cc1)c1ccc(Cl)cc1. The molecule has 0 fully saturated rings. The van der Waals surface area contributed by atoms with E-state index in [0.717, 1.165) is 25.9 Å². The lowest BCUT2D eigenvalue weighted by molar-refractivity contribution is 0.0735. The number of benzene rings is 4. The molecule has 1 heterocycles. The average molecular weight is 579 g/mol. The number of aromatic nitrogens is 1. The van der Waals surface area contributed by atoms with E-state index in [-0.39, 0.29) is 0 Å². The van der Waals surface area contributed by atoms with Crippen molar-refractivity contribution in [1.82, 2.24) is 4.98 Å². The first-order chi connectivity index (χ1) is 16.5. The summed E-state index contributed by atoms with van der Waals surface area (Å²) in [5, 5.41) is 0.564. The molecule has 0 bridgehead atoms. The van der Waals surface area contributed by atoms with Crippen molar-refractivity contribution in [1.29, 1.82) is 0 Å². The first kappa shape index (κ1) is 22.3. The molecule has 0 radical (unpaired) electrons. The second-order valence-electron chi connectivity index (χ2n) is 7.41. The first-order valence-corrected chi connectivity index (χ1v) is 11.8. The summed E-state index contributed by atoms with van der Waals surface area (Å²) in [4.78, 5) is 21.4.